The number of nitrogens with zero attached hydrogens (tertiary/aromatic N) is 2. The number of aliphatic hydroxyl groups is 1. The van der Waals surface area contributed by atoms with Crippen LogP contribution in [0.1, 0.15) is 27.2 Å². The number of rotatable bonds is 4. The summed E-state index contributed by atoms with van der Waals surface area (Å²) in [5, 5.41) is 9.65. The van der Waals surface area contributed by atoms with E-state index in [4.69, 9.17) is 4.74 Å². The fourth-order valence-corrected chi connectivity index (χ4v) is 2.34. The Kier molecular flexibility index (Phi) is 4.07. The maximum atomic E-state index is 9.65. The van der Waals surface area contributed by atoms with Crippen molar-refractivity contribution in [3.8, 4) is 5.75 Å². The molecule has 1 aromatic rings. The van der Waals surface area contributed by atoms with Crippen molar-refractivity contribution in [2.45, 2.75) is 39.4 Å². The fourth-order valence-electron chi connectivity index (χ4n) is 2.34. The second kappa shape index (κ2) is 5.57. The molecule has 1 fully saturated rings. The topological polar surface area (TPSA) is 45.6 Å². The van der Waals surface area contributed by atoms with Crippen molar-refractivity contribution in [1.82, 2.24) is 4.98 Å². The molecule has 100 valence electrons. The van der Waals surface area contributed by atoms with E-state index in [1.807, 2.05) is 32.9 Å². The summed E-state index contributed by atoms with van der Waals surface area (Å²) in [7, 11) is 0. The molecule has 1 aromatic heterocycles. The maximum absolute atomic E-state index is 9.65. The summed E-state index contributed by atoms with van der Waals surface area (Å²) in [5.74, 6) is 2.06. The van der Waals surface area contributed by atoms with Gasteiger partial charge in [-0.15, -0.1) is 0 Å². The lowest BCUT2D eigenvalue weighted by molar-refractivity contribution is 0.136. The van der Waals surface area contributed by atoms with Gasteiger partial charge in [0.25, 0.3) is 0 Å². The van der Waals surface area contributed by atoms with E-state index in [0.717, 1.165) is 31.1 Å². The van der Waals surface area contributed by atoms with Crippen LogP contribution in [0.15, 0.2) is 18.3 Å². The van der Waals surface area contributed by atoms with E-state index < -0.39 is 0 Å². The van der Waals surface area contributed by atoms with E-state index in [0.29, 0.717) is 5.92 Å². The van der Waals surface area contributed by atoms with Crippen molar-refractivity contribution in [2.24, 2.45) is 5.92 Å². The SMILES string of the molecule is CC(C)Oc1cccnc1N1CCC(C(C)O)C1. The molecule has 18 heavy (non-hydrogen) atoms. The molecule has 1 saturated heterocycles. The van der Waals surface area contributed by atoms with Crippen LogP contribution in [0.2, 0.25) is 0 Å². The zero-order chi connectivity index (χ0) is 13.1. The van der Waals surface area contributed by atoms with Gasteiger partial charge >= 0.3 is 0 Å². The van der Waals surface area contributed by atoms with Gasteiger partial charge in [-0.25, -0.2) is 4.98 Å². The minimum atomic E-state index is -0.256. The summed E-state index contributed by atoms with van der Waals surface area (Å²) in [5.41, 5.74) is 0. The molecule has 4 heteroatoms. The highest BCUT2D eigenvalue weighted by Crippen LogP contribution is 2.31. The van der Waals surface area contributed by atoms with Crippen molar-refractivity contribution in [3.63, 3.8) is 0 Å². The Balaban J connectivity index is 2.14. The highest BCUT2D eigenvalue weighted by atomic mass is 16.5. The molecule has 4 nitrogen and oxygen atoms in total. The summed E-state index contributed by atoms with van der Waals surface area (Å²) in [6.45, 7) is 7.67. The Bertz CT molecular complexity index is 393. The molecule has 0 aliphatic carbocycles. The first-order chi connectivity index (χ1) is 8.58. The highest BCUT2D eigenvalue weighted by molar-refractivity contribution is 5.52. The van der Waals surface area contributed by atoms with Crippen molar-refractivity contribution >= 4 is 5.82 Å². The Morgan fingerprint density at radius 1 is 1.44 bits per heavy atom. The molecule has 0 bridgehead atoms. The van der Waals surface area contributed by atoms with Gasteiger partial charge in [-0.1, -0.05) is 0 Å². The number of aromatic nitrogens is 1. The Labute approximate surface area is 109 Å². The third-order valence-corrected chi connectivity index (χ3v) is 3.32. The van der Waals surface area contributed by atoms with Gasteiger partial charge in [0.05, 0.1) is 12.2 Å². The molecule has 0 spiro atoms. The summed E-state index contributed by atoms with van der Waals surface area (Å²) < 4.78 is 5.79. The number of aliphatic hydroxyl groups excluding tert-OH is 1. The summed E-state index contributed by atoms with van der Waals surface area (Å²) in [4.78, 5) is 6.63. The standard InChI is InChI=1S/C14H22N2O2/c1-10(2)18-13-5-4-7-15-14(13)16-8-6-12(9-16)11(3)17/h4-5,7,10-12,17H,6,8-9H2,1-3H3. The van der Waals surface area contributed by atoms with Crippen LogP contribution in [-0.4, -0.2) is 35.4 Å². The first-order valence-corrected chi connectivity index (χ1v) is 6.62. The molecular weight excluding hydrogens is 228 g/mol. The van der Waals surface area contributed by atoms with Gasteiger partial charge in [0.1, 0.15) is 0 Å². The van der Waals surface area contributed by atoms with Crippen LogP contribution >= 0.6 is 0 Å². The molecule has 2 atom stereocenters. The van der Waals surface area contributed by atoms with Crippen molar-refractivity contribution in [3.05, 3.63) is 18.3 Å². The summed E-state index contributed by atoms with van der Waals surface area (Å²) in [6.07, 6.45) is 2.68. The van der Waals surface area contributed by atoms with Crippen LogP contribution in [0.25, 0.3) is 0 Å². The molecule has 1 N–H and O–H groups in total. The zero-order valence-corrected chi connectivity index (χ0v) is 11.3. The fraction of sp³-hybridized carbons (Fsp3) is 0.643. The number of hydrogen-bond acceptors (Lipinski definition) is 4. The average molecular weight is 250 g/mol. The lowest BCUT2D eigenvalue weighted by Crippen LogP contribution is -2.25. The average Bonchev–Trinajstić information content (AvgIpc) is 2.78. The van der Waals surface area contributed by atoms with E-state index in [1.165, 1.54) is 0 Å². The van der Waals surface area contributed by atoms with Gasteiger partial charge in [0.15, 0.2) is 11.6 Å². The van der Waals surface area contributed by atoms with E-state index in [9.17, 15) is 5.11 Å². The van der Waals surface area contributed by atoms with Gasteiger partial charge in [-0.2, -0.15) is 0 Å². The Hall–Kier alpha value is -1.29. The largest absolute Gasteiger partial charge is 0.487 e. The molecule has 2 heterocycles. The van der Waals surface area contributed by atoms with Crippen molar-refractivity contribution in [2.75, 3.05) is 18.0 Å². The molecule has 0 saturated carbocycles. The van der Waals surface area contributed by atoms with Gasteiger partial charge in [-0.3, -0.25) is 0 Å². The second-order valence-electron chi connectivity index (χ2n) is 5.23. The monoisotopic (exact) mass is 250 g/mol. The smallest absolute Gasteiger partial charge is 0.171 e. The Morgan fingerprint density at radius 2 is 2.22 bits per heavy atom. The maximum Gasteiger partial charge on any atom is 0.171 e. The Morgan fingerprint density at radius 3 is 2.83 bits per heavy atom. The predicted octanol–water partition coefficient (Wildman–Crippen LogP) is 2.08. The van der Waals surface area contributed by atoms with E-state index in [-0.39, 0.29) is 12.2 Å². The third kappa shape index (κ3) is 2.93. The van der Waals surface area contributed by atoms with Gasteiger partial charge < -0.3 is 14.7 Å². The lowest BCUT2D eigenvalue weighted by atomic mass is 10.0. The molecule has 0 amide bonds. The van der Waals surface area contributed by atoms with Crippen LogP contribution in [-0.2, 0) is 0 Å². The van der Waals surface area contributed by atoms with Gasteiger partial charge in [0, 0.05) is 25.2 Å². The number of anilines is 1. The van der Waals surface area contributed by atoms with Gasteiger partial charge in [0.2, 0.25) is 0 Å². The van der Waals surface area contributed by atoms with Crippen LogP contribution in [0.5, 0.6) is 5.75 Å². The number of pyridine rings is 1. The molecule has 1 aliphatic heterocycles. The lowest BCUT2D eigenvalue weighted by Gasteiger charge is -2.22. The normalized spacial score (nSPS) is 21.4. The highest BCUT2D eigenvalue weighted by Gasteiger charge is 2.28. The van der Waals surface area contributed by atoms with Gasteiger partial charge in [-0.05, 0) is 39.3 Å². The van der Waals surface area contributed by atoms with Crippen molar-refractivity contribution < 1.29 is 9.84 Å². The minimum Gasteiger partial charge on any atom is -0.487 e. The van der Waals surface area contributed by atoms with Crippen LogP contribution in [0.4, 0.5) is 5.82 Å². The first kappa shape index (κ1) is 13.1. The molecular formula is C14H22N2O2. The minimum absolute atomic E-state index is 0.142. The predicted molar refractivity (Wildman–Crippen MR) is 72.0 cm³/mol. The van der Waals surface area contributed by atoms with Crippen LogP contribution < -0.4 is 9.64 Å². The number of ether oxygens (including phenoxy) is 1. The zero-order valence-electron chi connectivity index (χ0n) is 11.3. The molecule has 0 aromatic carbocycles. The van der Waals surface area contributed by atoms with E-state index in [1.54, 1.807) is 6.20 Å². The molecule has 2 unspecified atom stereocenters. The molecule has 1 aliphatic rings. The van der Waals surface area contributed by atoms with E-state index >= 15 is 0 Å². The summed E-state index contributed by atoms with van der Waals surface area (Å²) >= 11 is 0. The third-order valence-electron chi connectivity index (χ3n) is 3.32. The second-order valence-corrected chi connectivity index (χ2v) is 5.23. The van der Waals surface area contributed by atoms with Crippen LogP contribution in [0, 0.1) is 5.92 Å². The van der Waals surface area contributed by atoms with E-state index in [2.05, 4.69) is 9.88 Å². The number of hydrogen-bond donors (Lipinski definition) is 1. The quantitative estimate of drug-likeness (QED) is 0.888. The van der Waals surface area contributed by atoms with Crippen LogP contribution in [0.3, 0.4) is 0 Å². The first-order valence-electron chi connectivity index (χ1n) is 6.62. The molecule has 0 radical (unpaired) electrons. The molecule has 2 rings (SSSR count). The van der Waals surface area contributed by atoms with Crippen molar-refractivity contribution in [1.29, 1.82) is 0 Å². The summed E-state index contributed by atoms with van der Waals surface area (Å²) in [6, 6.07) is 3.85.